The van der Waals surface area contributed by atoms with Gasteiger partial charge in [-0.25, -0.2) is 4.79 Å². The molecule has 0 aliphatic heterocycles. The van der Waals surface area contributed by atoms with Crippen molar-refractivity contribution in [1.29, 1.82) is 0 Å². The third-order valence-corrected chi connectivity index (χ3v) is 5.73. The summed E-state index contributed by atoms with van der Waals surface area (Å²) < 4.78 is 0. The van der Waals surface area contributed by atoms with Crippen molar-refractivity contribution in [3.8, 4) is 0 Å². The van der Waals surface area contributed by atoms with E-state index in [1.807, 2.05) is 24.3 Å². The summed E-state index contributed by atoms with van der Waals surface area (Å²) in [5, 5.41) is 26.0. The van der Waals surface area contributed by atoms with Crippen LogP contribution in [0.25, 0.3) is 10.9 Å². The first-order valence-electron chi connectivity index (χ1n) is 11.9. The Balaban J connectivity index is 1.95. The van der Waals surface area contributed by atoms with E-state index in [0.717, 1.165) is 16.5 Å². The largest absolute Gasteiger partial charge is 0.481 e. The van der Waals surface area contributed by atoms with Crippen LogP contribution in [0.3, 0.4) is 0 Å². The van der Waals surface area contributed by atoms with E-state index in [9.17, 15) is 24.0 Å². The number of nitrogens with two attached hydrogens (primary N) is 2. The van der Waals surface area contributed by atoms with Crippen LogP contribution in [0.15, 0.2) is 30.5 Å². The van der Waals surface area contributed by atoms with E-state index in [-0.39, 0.29) is 19.3 Å². The van der Waals surface area contributed by atoms with Crippen molar-refractivity contribution in [2.75, 3.05) is 13.1 Å². The van der Waals surface area contributed by atoms with E-state index in [4.69, 9.17) is 21.7 Å². The van der Waals surface area contributed by atoms with Crippen LogP contribution in [0.1, 0.15) is 37.7 Å². The van der Waals surface area contributed by atoms with Gasteiger partial charge in [0.1, 0.15) is 12.1 Å². The maximum absolute atomic E-state index is 12.8. The zero-order valence-electron chi connectivity index (χ0n) is 20.4. The molecular formula is C24H34N6O7. The Morgan fingerprint density at radius 2 is 1.68 bits per heavy atom. The van der Waals surface area contributed by atoms with Crippen LogP contribution in [-0.2, 0) is 30.4 Å². The van der Waals surface area contributed by atoms with Crippen LogP contribution in [0.4, 0.5) is 0 Å². The Morgan fingerprint density at radius 3 is 2.35 bits per heavy atom. The normalized spacial score (nSPS) is 13.4. The van der Waals surface area contributed by atoms with Crippen LogP contribution in [0.5, 0.6) is 0 Å². The Bertz CT molecular complexity index is 1100. The van der Waals surface area contributed by atoms with Gasteiger partial charge in [-0.3, -0.25) is 19.2 Å². The number of fused-ring (bicyclic) bond motifs is 1. The summed E-state index contributed by atoms with van der Waals surface area (Å²) in [6.07, 6.45) is 2.67. The molecule has 13 nitrogen and oxygen atoms in total. The van der Waals surface area contributed by atoms with Gasteiger partial charge >= 0.3 is 11.9 Å². The van der Waals surface area contributed by atoms with Crippen LogP contribution in [0, 0.1) is 0 Å². The Kier molecular flexibility index (Phi) is 11.5. The minimum atomic E-state index is -1.41. The van der Waals surface area contributed by atoms with Gasteiger partial charge in [-0.15, -0.1) is 0 Å². The van der Waals surface area contributed by atoms with Crippen molar-refractivity contribution in [2.45, 2.75) is 56.7 Å². The summed E-state index contributed by atoms with van der Waals surface area (Å²) in [4.78, 5) is 62.7. The average molecular weight is 519 g/mol. The SMILES string of the molecule is NCCCCC(NC(=O)C(N)Cc1c[nH]c2ccccc12)C(=O)NCC(=O)NC(CCC(=O)O)C(=O)O. The molecule has 202 valence electrons. The molecule has 0 radical (unpaired) electrons. The molecule has 1 heterocycles. The molecule has 10 N–H and O–H groups in total. The lowest BCUT2D eigenvalue weighted by atomic mass is 10.0. The highest BCUT2D eigenvalue weighted by atomic mass is 16.4. The predicted octanol–water partition coefficient (Wildman–Crippen LogP) is -0.798. The summed E-state index contributed by atoms with van der Waals surface area (Å²) in [5.41, 5.74) is 13.4. The number of nitrogens with one attached hydrogen (secondary N) is 4. The average Bonchev–Trinajstić information content (AvgIpc) is 3.26. The van der Waals surface area contributed by atoms with Gasteiger partial charge in [-0.2, -0.15) is 0 Å². The molecule has 3 atom stereocenters. The van der Waals surface area contributed by atoms with E-state index in [0.29, 0.717) is 19.4 Å². The first kappa shape index (κ1) is 29.3. The number of aromatic nitrogens is 1. The van der Waals surface area contributed by atoms with Crippen LogP contribution >= 0.6 is 0 Å². The molecule has 0 aliphatic carbocycles. The second kappa shape index (κ2) is 14.6. The van der Waals surface area contributed by atoms with Crippen LogP contribution in [-0.4, -0.2) is 76.1 Å². The fourth-order valence-corrected chi connectivity index (χ4v) is 3.73. The molecule has 3 unspecified atom stereocenters. The highest BCUT2D eigenvalue weighted by Crippen LogP contribution is 2.18. The molecule has 0 fully saturated rings. The van der Waals surface area contributed by atoms with E-state index < -0.39 is 60.8 Å². The number of aliphatic carboxylic acids is 2. The van der Waals surface area contributed by atoms with Gasteiger partial charge in [0.25, 0.3) is 0 Å². The molecule has 2 aromatic rings. The predicted molar refractivity (Wildman–Crippen MR) is 134 cm³/mol. The van der Waals surface area contributed by atoms with Crippen molar-refractivity contribution in [2.24, 2.45) is 11.5 Å². The van der Waals surface area contributed by atoms with E-state index in [1.165, 1.54) is 0 Å². The number of unbranched alkanes of at least 4 members (excludes halogenated alkanes) is 1. The fraction of sp³-hybridized carbons (Fsp3) is 0.458. The molecule has 1 aromatic carbocycles. The lowest BCUT2D eigenvalue weighted by molar-refractivity contribution is -0.143. The summed E-state index contributed by atoms with van der Waals surface area (Å²) in [6.45, 7) is -0.155. The third-order valence-electron chi connectivity index (χ3n) is 5.73. The molecule has 0 saturated heterocycles. The number of H-pyrrole nitrogens is 1. The Morgan fingerprint density at radius 1 is 0.946 bits per heavy atom. The maximum Gasteiger partial charge on any atom is 0.326 e. The monoisotopic (exact) mass is 518 g/mol. The first-order valence-corrected chi connectivity index (χ1v) is 11.9. The van der Waals surface area contributed by atoms with Crippen molar-refractivity contribution >= 4 is 40.6 Å². The number of carbonyl (C=O) groups is 5. The lowest BCUT2D eigenvalue weighted by Crippen LogP contribution is -2.53. The number of aromatic amines is 1. The fourth-order valence-electron chi connectivity index (χ4n) is 3.73. The van der Waals surface area contributed by atoms with Crippen molar-refractivity contribution in [1.82, 2.24) is 20.9 Å². The van der Waals surface area contributed by atoms with Crippen molar-refractivity contribution in [3.05, 3.63) is 36.0 Å². The number of hydrogen-bond acceptors (Lipinski definition) is 7. The molecule has 2 rings (SSSR count). The standard InChI is InChI=1S/C24H34N6O7/c25-10-4-3-7-18(23(35)28-13-20(31)29-19(24(36)37)8-9-21(32)33)30-22(34)16(26)11-14-12-27-17-6-2-1-5-15(14)17/h1-2,5-6,12,16,18-19,27H,3-4,7-11,13,25-26H2,(H,28,35)(H,29,31)(H,30,34)(H,32,33)(H,36,37). The topological polar surface area (TPSA) is 230 Å². The van der Waals surface area contributed by atoms with Gasteiger partial charge in [0.05, 0.1) is 12.6 Å². The van der Waals surface area contributed by atoms with Crippen molar-refractivity contribution in [3.63, 3.8) is 0 Å². The number of para-hydroxylation sites is 1. The van der Waals surface area contributed by atoms with E-state index in [2.05, 4.69) is 20.9 Å². The smallest absolute Gasteiger partial charge is 0.326 e. The molecule has 0 saturated carbocycles. The minimum Gasteiger partial charge on any atom is -0.481 e. The summed E-state index contributed by atoms with van der Waals surface area (Å²) >= 11 is 0. The highest BCUT2D eigenvalue weighted by molar-refractivity contribution is 5.93. The Hall–Kier alpha value is -3.97. The lowest BCUT2D eigenvalue weighted by Gasteiger charge is -2.21. The van der Waals surface area contributed by atoms with E-state index >= 15 is 0 Å². The van der Waals surface area contributed by atoms with E-state index in [1.54, 1.807) is 6.20 Å². The Labute approximate surface area is 213 Å². The molecular weight excluding hydrogens is 484 g/mol. The zero-order chi connectivity index (χ0) is 27.4. The molecule has 1 aromatic heterocycles. The molecule has 0 spiro atoms. The number of carboxylic acids is 2. The quantitative estimate of drug-likeness (QED) is 0.130. The summed E-state index contributed by atoms with van der Waals surface area (Å²) in [7, 11) is 0. The second-order valence-corrected chi connectivity index (χ2v) is 8.62. The van der Waals surface area contributed by atoms with Gasteiger partial charge in [0.2, 0.25) is 17.7 Å². The minimum absolute atomic E-state index is 0.238. The number of hydrogen-bond donors (Lipinski definition) is 8. The summed E-state index contributed by atoms with van der Waals surface area (Å²) in [6, 6.07) is 4.26. The maximum atomic E-state index is 12.8. The van der Waals surface area contributed by atoms with Gasteiger partial charge in [0.15, 0.2) is 0 Å². The number of rotatable bonds is 16. The van der Waals surface area contributed by atoms with Crippen molar-refractivity contribution < 1.29 is 34.2 Å². The van der Waals surface area contributed by atoms with Gasteiger partial charge in [-0.05, 0) is 50.3 Å². The van der Waals surface area contributed by atoms with Gasteiger partial charge < -0.3 is 42.6 Å². The van der Waals surface area contributed by atoms with Crippen LogP contribution < -0.4 is 27.4 Å². The van der Waals surface area contributed by atoms with Gasteiger partial charge in [0, 0.05) is 23.5 Å². The molecule has 0 bridgehead atoms. The molecule has 13 heteroatoms. The number of carboxylic acid groups (broad SMARTS) is 2. The number of amides is 3. The first-order chi connectivity index (χ1) is 17.6. The molecule has 37 heavy (non-hydrogen) atoms. The summed E-state index contributed by atoms with van der Waals surface area (Å²) in [5.74, 6) is -4.58. The molecule has 3 amide bonds. The number of carbonyl (C=O) groups excluding carboxylic acids is 3. The molecule has 0 aliphatic rings. The van der Waals surface area contributed by atoms with Crippen LogP contribution in [0.2, 0.25) is 0 Å². The zero-order valence-corrected chi connectivity index (χ0v) is 20.4. The highest BCUT2D eigenvalue weighted by Gasteiger charge is 2.26. The third kappa shape index (κ3) is 9.54. The van der Waals surface area contributed by atoms with Gasteiger partial charge in [-0.1, -0.05) is 18.2 Å². The second-order valence-electron chi connectivity index (χ2n) is 8.62. The number of benzene rings is 1.